The Kier molecular flexibility index (Phi) is 4.28. The molecule has 0 unspecified atom stereocenters. The molecule has 0 aliphatic carbocycles. The number of nitrogens with one attached hydrogen (secondary N) is 2. The maximum Gasteiger partial charge on any atom is 0.262 e. The molecule has 0 atom stereocenters. The van der Waals surface area contributed by atoms with Crippen LogP contribution in [0.5, 0.6) is 11.5 Å². The van der Waals surface area contributed by atoms with E-state index < -0.39 is 0 Å². The Balaban J connectivity index is 1.44. The summed E-state index contributed by atoms with van der Waals surface area (Å²) in [5.41, 5.74) is 2.47. The molecule has 4 aromatic rings. The predicted molar refractivity (Wildman–Crippen MR) is 108 cm³/mol. The molecule has 5 rings (SSSR count). The van der Waals surface area contributed by atoms with Crippen LogP contribution in [-0.4, -0.2) is 33.1 Å². The van der Waals surface area contributed by atoms with Crippen molar-refractivity contribution in [2.75, 3.05) is 18.5 Å². The first-order chi connectivity index (χ1) is 14.3. The van der Waals surface area contributed by atoms with Crippen LogP contribution < -0.4 is 20.3 Å². The topological polar surface area (TPSA) is 102 Å². The number of rotatable bonds is 4. The van der Waals surface area contributed by atoms with Crippen LogP contribution in [0.25, 0.3) is 22.3 Å². The number of fused-ring (bicyclic) bond motifs is 2. The Morgan fingerprint density at radius 1 is 1.00 bits per heavy atom. The number of H-pyrrole nitrogens is 1. The zero-order valence-corrected chi connectivity index (χ0v) is 15.4. The number of aromatic amines is 1. The van der Waals surface area contributed by atoms with E-state index in [1.807, 2.05) is 36.4 Å². The molecule has 0 bridgehead atoms. The quantitative estimate of drug-likeness (QED) is 0.555. The van der Waals surface area contributed by atoms with Crippen LogP contribution in [-0.2, 0) is 6.54 Å². The molecule has 1 aromatic carbocycles. The summed E-state index contributed by atoms with van der Waals surface area (Å²) in [7, 11) is 0. The Labute approximate surface area is 165 Å². The second-order valence-corrected chi connectivity index (χ2v) is 6.52. The van der Waals surface area contributed by atoms with Crippen LogP contribution in [0.3, 0.4) is 0 Å². The fraction of sp³-hybridized carbons (Fsp3) is 0.143. The highest BCUT2D eigenvalue weighted by molar-refractivity contribution is 5.90. The molecule has 3 aromatic heterocycles. The van der Waals surface area contributed by atoms with Crippen molar-refractivity contribution in [3.05, 3.63) is 70.8 Å². The van der Waals surface area contributed by atoms with Crippen LogP contribution in [0.1, 0.15) is 5.56 Å². The molecule has 0 radical (unpaired) electrons. The minimum Gasteiger partial charge on any atom is -0.486 e. The van der Waals surface area contributed by atoms with Gasteiger partial charge in [-0.1, -0.05) is 12.1 Å². The summed E-state index contributed by atoms with van der Waals surface area (Å²) in [6.45, 7) is 1.55. The third-order valence-corrected chi connectivity index (χ3v) is 4.62. The highest BCUT2D eigenvalue weighted by atomic mass is 16.6. The van der Waals surface area contributed by atoms with Crippen molar-refractivity contribution in [2.24, 2.45) is 0 Å². The number of hydrogen-bond donors (Lipinski definition) is 2. The minimum atomic E-state index is -0.270. The summed E-state index contributed by atoms with van der Waals surface area (Å²) in [6.07, 6.45) is 3.32. The van der Waals surface area contributed by atoms with Crippen LogP contribution in [0.4, 0.5) is 5.95 Å². The van der Waals surface area contributed by atoms with Gasteiger partial charge in [0.05, 0.1) is 11.1 Å². The molecular weight excluding hydrogens is 370 g/mol. The van der Waals surface area contributed by atoms with Crippen LogP contribution >= 0.6 is 0 Å². The molecule has 0 spiro atoms. The molecule has 29 heavy (non-hydrogen) atoms. The zero-order chi connectivity index (χ0) is 19.6. The molecule has 144 valence electrons. The van der Waals surface area contributed by atoms with Gasteiger partial charge in [-0.2, -0.15) is 4.98 Å². The number of aromatic nitrogens is 4. The standard InChI is InChI=1S/C21H17N5O3/c27-20-18-14(15-3-1-2-7-22-15)6-8-23-19(18)25-21(26-20)24-12-13-4-5-16-17(11-13)29-10-9-28-16/h1-8,11H,9-10,12H2,(H2,23,24,25,26,27). The SMILES string of the molecule is O=c1[nH]c(NCc2ccc3c(c2)OCCO3)nc2nccc(-c3ccccn3)c12. The van der Waals surface area contributed by atoms with E-state index >= 15 is 0 Å². The molecule has 8 nitrogen and oxygen atoms in total. The number of nitrogens with zero attached hydrogens (tertiary/aromatic N) is 3. The van der Waals surface area contributed by atoms with Crippen LogP contribution in [0, 0.1) is 0 Å². The van der Waals surface area contributed by atoms with E-state index in [0.29, 0.717) is 48.0 Å². The summed E-state index contributed by atoms with van der Waals surface area (Å²) in [4.78, 5) is 28.6. The smallest absolute Gasteiger partial charge is 0.262 e. The van der Waals surface area contributed by atoms with Gasteiger partial charge < -0.3 is 14.8 Å². The molecule has 2 N–H and O–H groups in total. The Morgan fingerprint density at radius 2 is 1.90 bits per heavy atom. The van der Waals surface area contributed by atoms with E-state index in [1.165, 1.54) is 0 Å². The van der Waals surface area contributed by atoms with E-state index in [2.05, 4.69) is 25.3 Å². The lowest BCUT2D eigenvalue weighted by Gasteiger charge is -2.19. The molecule has 0 amide bonds. The van der Waals surface area contributed by atoms with Crippen molar-refractivity contribution in [3.63, 3.8) is 0 Å². The Bertz CT molecular complexity index is 1240. The van der Waals surface area contributed by atoms with Gasteiger partial charge in [0.25, 0.3) is 5.56 Å². The lowest BCUT2D eigenvalue weighted by Crippen LogP contribution is -2.16. The van der Waals surface area contributed by atoms with Crippen LogP contribution in [0.15, 0.2) is 59.7 Å². The van der Waals surface area contributed by atoms with Gasteiger partial charge in [0, 0.05) is 24.5 Å². The Morgan fingerprint density at radius 3 is 2.76 bits per heavy atom. The number of benzene rings is 1. The molecule has 8 heteroatoms. The summed E-state index contributed by atoms with van der Waals surface area (Å²) < 4.78 is 11.1. The maximum atomic E-state index is 12.8. The summed E-state index contributed by atoms with van der Waals surface area (Å²) in [6, 6.07) is 13.1. The number of anilines is 1. The van der Waals surface area contributed by atoms with Crippen LogP contribution in [0.2, 0.25) is 0 Å². The summed E-state index contributed by atoms with van der Waals surface area (Å²) >= 11 is 0. The number of hydrogen-bond acceptors (Lipinski definition) is 7. The van der Waals surface area contributed by atoms with Gasteiger partial charge in [-0.3, -0.25) is 14.8 Å². The third kappa shape index (κ3) is 3.36. The second kappa shape index (κ2) is 7.23. The molecule has 1 aliphatic heterocycles. The highest BCUT2D eigenvalue weighted by Gasteiger charge is 2.14. The number of ether oxygens (including phenoxy) is 2. The van der Waals surface area contributed by atoms with Crippen molar-refractivity contribution >= 4 is 17.0 Å². The van der Waals surface area contributed by atoms with Crippen molar-refractivity contribution in [3.8, 4) is 22.8 Å². The summed E-state index contributed by atoms with van der Waals surface area (Å²) in [5.74, 6) is 1.81. The minimum absolute atomic E-state index is 0.270. The van der Waals surface area contributed by atoms with Crippen molar-refractivity contribution in [1.82, 2.24) is 19.9 Å². The predicted octanol–water partition coefficient (Wildman–Crippen LogP) is 2.76. The maximum absolute atomic E-state index is 12.8. The zero-order valence-electron chi connectivity index (χ0n) is 15.4. The average molecular weight is 387 g/mol. The van der Waals surface area contributed by atoms with Crippen molar-refractivity contribution in [2.45, 2.75) is 6.54 Å². The van der Waals surface area contributed by atoms with E-state index in [9.17, 15) is 4.79 Å². The van der Waals surface area contributed by atoms with Crippen molar-refractivity contribution < 1.29 is 9.47 Å². The van der Waals surface area contributed by atoms with E-state index in [-0.39, 0.29) is 5.56 Å². The average Bonchev–Trinajstić information content (AvgIpc) is 2.78. The van der Waals surface area contributed by atoms with Gasteiger partial charge in [-0.15, -0.1) is 0 Å². The highest BCUT2D eigenvalue weighted by Crippen LogP contribution is 2.31. The van der Waals surface area contributed by atoms with Gasteiger partial charge in [0.15, 0.2) is 17.1 Å². The lowest BCUT2D eigenvalue weighted by molar-refractivity contribution is 0.171. The molecular formula is C21H17N5O3. The Hall–Kier alpha value is -3.94. The fourth-order valence-electron chi connectivity index (χ4n) is 3.27. The number of pyridine rings is 2. The monoisotopic (exact) mass is 387 g/mol. The largest absolute Gasteiger partial charge is 0.486 e. The van der Waals surface area contributed by atoms with Gasteiger partial charge in [-0.05, 0) is 35.9 Å². The van der Waals surface area contributed by atoms with Gasteiger partial charge in [-0.25, -0.2) is 4.98 Å². The fourth-order valence-corrected chi connectivity index (χ4v) is 3.27. The normalized spacial score (nSPS) is 12.7. The van der Waals surface area contributed by atoms with E-state index in [1.54, 1.807) is 18.5 Å². The molecule has 0 fully saturated rings. The lowest BCUT2D eigenvalue weighted by atomic mass is 10.1. The first-order valence-corrected chi connectivity index (χ1v) is 9.21. The van der Waals surface area contributed by atoms with Gasteiger partial charge >= 0.3 is 0 Å². The van der Waals surface area contributed by atoms with E-state index in [4.69, 9.17) is 9.47 Å². The first kappa shape index (κ1) is 17.2. The van der Waals surface area contributed by atoms with Crippen molar-refractivity contribution in [1.29, 1.82) is 0 Å². The van der Waals surface area contributed by atoms with Gasteiger partial charge in [0.1, 0.15) is 13.2 Å². The molecule has 0 saturated heterocycles. The molecule has 4 heterocycles. The molecule has 0 saturated carbocycles. The first-order valence-electron chi connectivity index (χ1n) is 9.21. The van der Waals surface area contributed by atoms with E-state index in [0.717, 1.165) is 17.1 Å². The second-order valence-electron chi connectivity index (χ2n) is 6.52. The molecule has 1 aliphatic rings. The van der Waals surface area contributed by atoms with Gasteiger partial charge in [0.2, 0.25) is 5.95 Å². The summed E-state index contributed by atoms with van der Waals surface area (Å²) in [5, 5.41) is 3.55. The third-order valence-electron chi connectivity index (χ3n) is 4.62.